The van der Waals surface area contributed by atoms with E-state index in [1.807, 2.05) is 6.92 Å². The zero-order valence-electron chi connectivity index (χ0n) is 7.40. The molecule has 1 aliphatic rings. The van der Waals surface area contributed by atoms with Gasteiger partial charge in [0.2, 0.25) is 0 Å². The minimum Gasteiger partial charge on any atom is -0.207 e. The van der Waals surface area contributed by atoms with Crippen molar-refractivity contribution in [1.82, 2.24) is 0 Å². The van der Waals surface area contributed by atoms with Crippen LogP contribution in [0, 0.1) is 5.82 Å². The highest BCUT2D eigenvalue weighted by Crippen LogP contribution is 2.32. The monoisotopic (exact) mass is 240 g/mol. The van der Waals surface area contributed by atoms with E-state index >= 15 is 0 Å². The third-order valence-corrected chi connectivity index (χ3v) is 3.14. The second-order valence-corrected chi connectivity index (χ2v) is 4.19. The van der Waals surface area contributed by atoms with E-state index in [9.17, 15) is 4.39 Å². The van der Waals surface area contributed by atoms with Gasteiger partial charge in [-0.2, -0.15) is 0 Å². The van der Waals surface area contributed by atoms with Crippen LogP contribution in [0.4, 0.5) is 4.39 Å². The van der Waals surface area contributed by atoms with Gasteiger partial charge in [0.25, 0.3) is 0 Å². The van der Waals surface area contributed by atoms with Gasteiger partial charge in [0.05, 0.1) is 0 Å². The molecular weight excluding hydrogens is 231 g/mol. The molecule has 0 aliphatic heterocycles. The summed E-state index contributed by atoms with van der Waals surface area (Å²) < 4.78 is 14.0. The molecule has 0 heterocycles. The van der Waals surface area contributed by atoms with Gasteiger partial charge in [0, 0.05) is 4.47 Å². The predicted molar refractivity (Wildman–Crippen MR) is 56.1 cm³/mol. The first-order valence-corrected chi connectivity index (χ1v) is 5.13. The van der Waals surface area contributed by atoms with Crippen LogP contribution < -0.4 is 0 Å². The summed E-state index contributed by atoms with van der Waals surface area (Å²) >= 11 is 3.39. The molecule has 0 atom stereocenters. The molecule has 0 unspecified atom stereocenters. The number of rotatable bonds is 0. The topological polar surface area (TPSA) is 0 Å². The standard InChI is InChI=1S/C11H10BrF/c1-7-3-2-4-9-10(7)5-8(13)6-11(9)12/h3,5-6H,2,4H2,1H3. The highest BCUT2D eigenvalue weighted by atomic mass is 79.9. The lowest BCUT2D eigenvalue weighted by molar-refractivity contribution is 0.625. The summed E-state index contributed by atoms with van der Waals surface area (Å²) in [5, 5.41) is 0. The van der Waals surface area contributed by atoms with Crippen molar-refractivity contribution in [2.75, 3.05) is 0 Å². The van der Waals surface area contributed by atoms with Crippen molar-refractivity contribution in [3.63, 3.8) is 0 Å². The van der Waals surface area contributed by atoms with Crippen LogP contribution in [0.1, 0.15) is 24.5 Å². The first-order chi connectivity index (χ1) is 6.18. The van der Waals surface area contributed by atoms with Gasteiger partial charge >= 0.3 is 0 Å². The fourth-order valence-electron chi connectivity index (χ4n) is 1.75. The Labute approximate surface area is 85.6 Å². The van der Waals surface area contributed by atoms with E-state index in [1.54, 1.807) is 6.07 Å². The van der Waals surface area contributed by atoms with E-state index in [0.29, 0.717) is 0 Å². The number of hydrogen-bond acceptors (Lipinski definition) is 0. The zero-order valence-corrected chi connectivity index (χ0v) is 8.99. The maximum Gasteiger partial charge on any atom is 0.124 e. The smallest absolute Gasteiger partial charge is 0.124 e. The summed E-state index contributed by atoms with van der Waals surface area (Å²) in [5.41, 5.74) is 3.47. The van der Waals surface area contributed by atoms with Crippen LogP contribution in [0.2, 0.25) is 0 Å². The summed E-state index contributed by atoms with van der Waals surface area (Å²) in [4.78, 5) is 0. The summed E-state index contributed by atoms with van der Waals surface area (Å²) in [7, 11) is 0. The molecule has 1 aromatic rings. The molecule has 0 saturated heterocycles. The molecular formula is C11H10BrF. The normalized spacial score (nSPS) is 15.2. The fraction of sp³-hybridized carbons (Fsp3) is 0.273. The Hall–Kier alpha value is -0.630. The first kappa shape index (κ1) is 8.95. The fourth-order valence-corrected chi connectivity index (χ4v) is 2.38. The molecule has 0 N–H and O–H groups in total. The Balaban J connectivity index is 2.66. The van der Waals surface area contributed by atoms with Gasteiger partial charge in [0.1, 0.15) is 5.82 Å². The number of fused-ring (bicyclic) bond motifs is 1. The van der Waals surface area contributed by atoms with Crippen molar-refractivity contribution in [2.45, 2.75) is 19.8 Å². The van der Waals surface area contributed by atoms with Crippen molar-refractivity contribution in [3.05, 3.63) is 39.6 Å². The summed E-state index contributed by atoms with van der Waals surface area (Å²) in [6.07, 6.45) is 4.23. The lowest BCUT2D eigenvalue weighted by Crippen LogP contribution is -2.00. The number of halogens is 2. The highest BCUT2D eigenvalue weighted by molar-refractivity contribution is 9.10. The van der Waals surface area contributed by atoms with Gasteiger partial charge in [-0.15, -0.1) is 0 Å². The Morgan fingerprint density at radius 1 is 1.38 bits per heavy atom. The van der Waals surface area contributed by atoms with Crippen molar-refractivity contribution < 1.29 is 4.39 Å². The third kappa shape index (κ3) is 1.55. The van der Waals surface area contributed by atoms with Gasteiger partial charge < -0.3 is 0 Å². The Morgan fingerprint density at radius 2 is 2.15 bits per heavy atom. The summed E-state index contributed by atoms with van der Waals surface area (Å²) in [6.45, 7) is 2.03. The van der Waals surface area contributed by atoms with E-state index < -0.39 is 0 Å². The molecule has 1 aliphatic carbocycles. The molecule has 0 fully saturated rings. The minimum absolute atomic E-state index is 0.166. The number of allylic oxidation sites excluding steroid dienone is 2. The van der Waals surface area contributed by atoms with Crippen molar-refractivity contribution in [3.8, 4) is 0 Å². The minimum atomic E-state index is -0.166. The molecule has 0 amide bonds. The zero-order chi connectivity index (χ0) is 9.42. The van der Waals surface area contributed by atoms with E-state index in [-0.39, 0.29) is 5.82 Å². The number of hydrogen-bond donors (Lipinski definition) is 0. The van der Waals surface area contributed by atoms with Crippen LogP contribution in [-0.4, -0.2) is 0 Å². The molecule has 0 radical (unpaired) electrons. The van der Waals surface area contributed by atoms with E-state index in [0.717, 1.165) is 22.9 Å². The highest BCUT2D eigenvalue weighted by Gasteiger charge is 2.13. The summed E-state index contributed by atoms with van der Waals surface area (Å²) in [5.74, 6) is -0.166. The average Bonchev–Trinajstić information content (AvgIpc) is 2.07. The molecule has 1 aromatic carbocycles. The van der Waals surface area contributed by atoms with Crippen LogP contribution in [0.3, 0.4) is 0 Å². The molecule has 2 heteroatoms. The van der Waals surface area contributed by atoms with Gasteiger partial charge in [-0.05, 0) is 48.6 Å². The maximum absolute atomic E-state index is 13.1. The second kappa shape index (κ2) is 3.26. The lowest BCUT2D eigenvalue weighted by atomic mass is 9.92. The molecule has 0 bridgehead atoms. The number of benzene rings is 1. The van der Waals surface area contributed by atoms with Crippen molar-refractivity contribution in [1.29, 1.82) is 0 Å². The summed E-state index contributed by atoms with van der Waals surface area (Å²) in [6, 6.07) is 3.16. The van der Waals surface area contributed by atoms with Gasteiger partial charge in [-0.25, -0.2) is 4.39 Å². The lowest BCUT2D eigenvalue weighted by Gasteiger charge is -2.16. The largest absolute Gasteiger partial charge is 0.207 e. The van der Waals surface area contributed by atoms with Gasteiger partial charge in [-0.3, -0.25) is 0 Å². The molecule has 68 valence electrons. The predicted octanol–water partition coefficient (Wildman–Crippen LogP) is 3.94. The van der Waals surface area contributed by atoms with E-state index in [4.69, 9.17) is 0 Å². The van der Waals surface area contributed by atoms with E-state index in [1.165, 1.54) is 17.2 Å². The Morgan fingerprint density at radius 3 is 2.92 bits per heavy atom. The van der Waals surface area contributed by atoms with E-state index in [2.05, 4.69) is 22.0 Å². The molecule has 0 aromatic heterocycles. The Kier molecular flexibility index (Phi) is 2.24. The van der Waals surface area contributed by atoms with Crippen molar-refractivity contribution in [2.24, 2.45) is 0 Å². The quantitative estimate of drug-likeness (QED) is 0.645. The second-order valence-electron chi connectivity index (χ2n) is 3.34. The maximum atomic E-state index is 13.1. The average molecular weight is 241 g/mol. The van der Waals surface area contributed by atoms with Crippen LogP contribution >= 0.6 is 15.9 Å². The SMILES string of the molecule is CC1=CCCc2c(Br)cc(F)cc21. The molecule has 0 saturated carbocycles. The third-order valence-electron chi connectivity index (χ3n) is 2.43. The Bertz CT molecular complexity index is 380. The molecule has 2 rings (SSSR count). The van der Waals surface area contributed by atoms with Gasteiger partial charge in [0.15, 0.2) is 0 Å². The molecule has 0 nitrogen and oxygen atoms in total. The van der Waals surface area contributed by atoms with Crippen molar-refractivity contribution >= 4 is 21.5 Å². The molecule has 0 spiro atoms. The van der Waals surface area contributed by atoms with Crippen LogP contribution in [0.25, 0.3) is 5.57 Å². The van der Waals surface area contributed by atoms with Crippen LogP contribution in [0.5, 0.6) is 0 Å². The first-order valence-electron chi connectivity index (χ1n) is 4.33. The van der Waals surface area contributed by atoms with Crippen LogP contribution in [-0.2, 0) is 6.42 Å². The van der Waals surface area contributed by atoms with Gasteiger partial charge in [-0.1, -0.05) is 22.0 Å². The molecule has 13 heavy (non-hydrogen) atoms. The van der Waals surface area contributed by atoms with Crippen LogP contribution in [0.15, 0.2) is 22.7 Å².